The Kier molecular flexibility index (Phi) is 5.85. The molecule has 5 nitrogen and oxygen atoms in total. The van der Waals surface area contributed by atoms with Crippen LogP contribution in [0.2, 0.25) is 0 Å². The van der Waals surface area contributed by atoms with Gasteiger partial charge in [-0.2, -0.15) is 0 Å². The molecule has 0 radical (unpaired) electrons. The molecule has 0 saturated heterocycles. The Labute approximate surface area is 146 Å². The van der Waals surface area contributed by atoms with Crippen molar-refractivity contribution in [2.24, 2.45) is 0 Å². The minimum absolute atomic E-state index is 0.177. The molecule has 2 rings (SSSR count). The van der Waals surface area contributed by atoms with Crippen LogP contribution in [0.1, 0.15) is 47.2 Å². The third-order valence-electron chi connectivity index (χ3n) is 3.38. The molecular formula is C19H22FN3O2. The summed E-state index contributed by atoms with van der Waals surface area (Å²) in [5, 5.41) is 5.52. The molecule has 0 aliphatic rings. The number of aromatic nitrogens is 1. The number of carbonyl (C=O) groups is 2. The van der Waals surface area contributed by atoms with Gasteiger partial charge in [-0.05, 0) is 51.0 Å². The number of halogens is 1. The van der Waals surface area contributed by atoms with Gasteiger partial charge >= 0.3 is 0 Å². The molecule has 0 saturated carbocycles. The smallest absolute Gasteiger partial charge is 0.270 e. The molecule has 0 bridgehead atoms. The first kappa shape index (κ1) is 18.6. The zero-order valence-corrected chi connectivity index (χ0v) is 14.6. The number of amides is 2. The Bertz CT molecular complexity index is 769. The molecule has 0 aliphatic heterocycles. The van der Waals surface area contributed by atoms with Crippen molar-refractivity contribution in [2.45, 2.75) is 32.7 Å². The fourth-order valence-electron chi connectivity index (χ4n) is 2.21. The molecule has 1 aromatic carbocycles. The second-order valence-electron chi connectivity index (χ2n) is 6.73. The quantitative estimate of drug-likeness (QED) is 0.877. The number of hydrogen-bond donors (Lipinski definition) is 2. The molecule has 1 heterocycles. The minimum atomic E-state index is -0.392. The number of nitrogens with one attached hydrogen (secondary N) is 2. The Balaban J connectivity index is 1.97. The average molecular weight is 343 g/mol. The number of hydrogen-bond acceptors (Lipinski definition) is 3. The van der Waals surface area contributed by atoms with E-state index in [1.807, 2.05) is 20.8 Å². The highest BCUT2D eigenvalue weighted by molar-refractivity contribution is 5.98. The first-order valence-electron chi connectivity index (χ1n) is 8.06. The van der Waals surface area contributed by atoms with E-state index in [1.54, 1.807) is 18.2 Å². The van der Waals surface area contributed by atoms with Crippen LogP contribution in [0.15, 0.2) is 42.6 Å². The standard InChI is InChI=1S/C19H22FN3O2/c1-19(2,3)23-18(25)16-12-14(9-10-21-16)17(24)22-11-8-13-6-4-5-7-15(13)20/h4-7,9-10,12H,8,11H2,1-3H3,(H,22,24)(H,23,25). The minimum Gasteiger partial charge on any atom is -0.352 e. The second-order valence-corrected chi connectivity index (χ2v) is 6.73. The molecule has 0 spiro atoms. The zero-order chi connectivity index (χ0) is 18.4. The van der Waals surface area contributed by atoms with Gasteiger partial charge in [0, 0.05) is 23.8 Å². The zero-order valence-electron chi connectivity index (χ0n) is 14.6. The van der Waals surface area contributed by atoms with Gasteiger partial charge in [-0.3, -0.25) is 14.6 Å². The maximum absolute atomic E-state index is 13.5. The molecule has 0 fully saturated rings. The highest BCUT2D eigenvalue weighted by Gasteiger charge is 2.17. The van der Waals surface area contributed by atoms with E-state index in [0.717, 1.165) is 0 Å². The van der Waals surface area contributed by atoms with Gasteiger partial charge in [0.1, 0.15) is 11.5 Å². The topological polar surface area (TPSA) is 71.1 Å². The normalized spacial score (nSPS) is 11.0. The van der Waals surface area contributed by atoms with E-state index >= 15 is 0 Å². The third kappa shape index (κ3) is 5.67. The van der Waals surface area contributed by atoms with E-state index in [4.69, 9.17) is 0 Å². The number of pyridine rings is 1. The Morgan fingerprint density at radius 2 is 1.84 bits per heavy atom. The summed E-state index contributed by atoms with van der Waals surface area (Å²) in [5.41, 5.74) is 0.665. The van der Waals surface area contributed by atoms with Crippen molar-refractivity contribution in [3.05, 3.63) is 65.2 Å². The number of nitrogens with zero attached hydrogens (tertiary/aromatic N) is 1. The molecule has 2 aromatic rings. The average Bonchev–Trinajstić information content (AvgIpc) is 2.55. The maximum Gasteiger partial charge on any atom is 0.270 e. The van der Waals surface area contributed by atoms with Crippen molar-refractivity contribution in [2.75, 3.05) is 6.54 Å². The number of benzene rings is 1. The highest BCUT2D eigenvalue weighted by atomic mass is 19.1. The van der Waals surface area contributed by atoms with Crippen LogP contribution in [-0.2, 0) is 6.42 Å². The maximum atomic E-state index is 13.5. The largest absolute Gasteiger partial charge is 0.352 e. The number of rotatable bonds is 5. The van der Waals surface area contributed by atoms with E-state index in [9.17, 15) is 14.0 Å². The lowest BCUT2D eigenvalue weighted by molar-refractivity contribution is 0.0914. The molecule has 2 amide bonds. The third-order valence-corrected chi connectivity index (χ3v) is 3.38. The summed E-state index contributed by atoms with van der Waals surface area (Å²) in [5.74, 6) is -0.959. The predicted molar refractivity (Wildman–Crippen MR) is 93.9 cm³/mol. The van der Waals surface area contributed by atoms with Gasteiger partial charge in [-0.25, -0.2) is 4.39 Å². The molecule has 0 unspecified atom stereocenters. The number of carbonyl (C=O) groups excluding carboxylic acids is 2. The Morgan fingerprint density at radius 1 is 1.12 bits per heavy atom. The van der Waals surface area contributed by atoms with Crippen molar-refractivity contribution in [1.82, 2.24) is 15.6 Å². The van der Waals surface area contributed by atoms with Crippen LogP contribution in [0.25, 0.3) is 0 Å². The molecule has 0 atom stereocenters. The molecule has 25 heavy (non-hydrogen) atoms. The van der Waals surface area contributed by atoms with Crippen molar-refractivity contribution >= 4 is 11.8 Å². The van der Waals surface area contributed by atoms with Gasteiger partial charge in [0.25, 0.3) is 11.8 Å². The summed E-state index contributed by atoms with van der Waals surface area (Å²) >= 11 is 0. The van der Waals surface area contributed by atoms with Gasteiger partial charge in [-0.15, -0.1) is 0 Å². The van der Waals surface area contributed by atoms with Crippen LogP contribution in [0.5, 0.6) is 0 Å². The fourth-order valence-corrected chi connectivity index (χ4v) is 2.21. The van der Waals surface area contributed by atoms with Crippen LogP contribution in [0, 0.1) is 5.82 Å². The van der Waals surface area contributed by atoms with E-state index < -0.39 is 5.54 Å². The van der Waals surface area contributed by atoms with Crippen LogP contribution in [0.4, 0.5) is 4.39 Å². The van der Waals surface area contributed by atoms with Crippen molar-refractivity contribution in [3.63, 3.8) is 0 Å². The van der Waals surface area contributed by atoms with Crippen molar-refractivity contribution < 1.29 is 14.0 Å². The lowest BCUT2D eigenvalue weighted by Gasteiger charge is -2.20. The summed E-state index contributed by atoms with van der Waals surface area (Å²) in [4.78, 5) is 28.3. The van der Waals surface area contributed by atoms with Crippen LogP contribution in [0.3, 0.4) is 0 Å². The fraction of sp³-hybridized carbons (Fsp3) is 0.316. The van der Waals surface area contributed by atoms with E-state index in [2.05, 4.69) is 15.6 Å². The van der Waals surface area contributed by atoms with Gasteiger partial charge in [0.2, 0.25) is 0 Å². The molecule has 0 aliphatic carbocycles. The van der Waals surface area contributed by atoms with Crippen molar-refractivity contribution in [1.29, 1.82) is 0 Å². The molecular weight excluding hydrogens is 321 g/mol. The monoisotopic (exact) mass is 343 g/mol. The summed E-state index contributed by atoms with van der Waals surface area (Å²) in [7, 11) is 0. The van der Waals surface area contributed by atoms with Crippen molar-refractivity contribution in [3.8, 4) is 0 Å². The van der Waals surface area contributed by atoms with Crippen LogP contribution >= 0.6 is 0 Å². The Morgan fingerprint density at radius 3 is 2.52 bits per heavy atom. The molecule has 2 N–H and O–H groups in total. The van der Waals surface area contributed by atoms with E-state index in [0.29, 0.717) is 24.1 Å². The summed E-state index contributed by atoms with van der Waals surface area (Å²) in [6.07, 6.45) is 1.81. The van der Waals surface area contributed by atoms with E-state index in [-0.39, 0.29) is 23.3 Å². The first-order chi connectivity index (χ1) is 11.8. The van der Waals surface area contributed by atoms with Gasteiger partial charge < -0.3 is 10.6 Å². The first-order valence-corrected chi connectivity index (χ1v) is 8.06. The highest BCUT2D eigenvalue weighted by Crippen LogP contribution is 2.08. The van der Waals surface area contributed by atoms with Crippen LogP contribution in [-0.4, -0.2) is 28.9 Å². The second kappa shape index (κ2) is 7.88. The van der Waals surface area contributed by atoms with Crippen LogP contribution < -0.4 is 10.6 Å². The Hall–Kier alpha value is -2.76. The SMILES string of the molecule is CC(C)(C)NC(=O)c1cc(C(=O)NCCc2ccccc2F)ccn1. The summed E-state index contributed by atoms with van der Waals surface area (Å²) in [6.45, 7) is 5.89. The molecule has 1 aromatic heterocycles. The lowest BCUT2D eigenvalue weighted by atomic mass is 10.1. The van der Waals surface area contributed by atoms with E-state index in [1.165, 1.54) is 24.4 Å². The summed E-state index contributed by atoms with van der Waals surface area (Å²) < 4.78 is 13.5. The van der Waals surface area contributed by atoms with Gasteiger partial charge in [-0.1, -0.05) is 18.2 Å². The molecule has 132 valence electrons. The predicted octanol–water partition coefficient (Wildman–Crippen LogP) is 2.72. The van der Waals surface area contributed by atoms with Gasteiger partial charge in [0.05, 0.1) is 0 Å². The summed E-state index contributed by atoms with van der Waals surface area (Å²) in [6, 6.07) is 9.43. The lowest BCUT2D eigenvalue weighted by Crippen LogP contribution is -2.41. The molecule has 6 heteroatoms. The van der Waals surface area contributed by atoms with Gasteiger partial charge in [0.15, 0.2) is 0 Å².